The van der Waals surface area contributed by atoms with Gasteiger partial charge in [-0.2, -0.15) is 10.1 Å². The molecule has 1 aliphatic rings. The molecule has 1 atom stereocenters. The van der Waals surface area contributed by atoms with Crippen LogP contribution in [0.2, 0.25) is 0 Å². The molecule has 0 spiro atoms. The van der Waals surface area contributed by atoms with Gasteiger partial charge in [-0.1, -0.05) is 12.1 Å². The third-order valence-corrected chi connectivity index (χ3v) is 4.18. The van der Waals surface area contributed by atoms with E-state index < -0.39 is 0 Å². The smallest absolute Gasteiger partial charge is 0.255 e. The quantitative estimate of drug-likeness (QED) is 0.867. The van der Waals surface area contributed by atoms with E-state index in [9.17, 15) is 4.79 Å². The van der Waals surface area contributed by atoms with Crippen molar-refractivity contribution in [3.8, 4) is 0 Å². The Kier molecular flexibility index (Phi) is 5.24. The SMILES string of the molecule is CCCn1cc(C(=O)N[C@@H](c2nc(C)no2)C2CCOCC2)cn1. The Morgan fingerprint density at radius 3 is 2.92 bits per heavy atom. The summed E-state index contributed by atoms with van der Waals surface area (Å²) in [6, 6.07) is -0.308. The Labute approximate surface area is 140 Å². The van der Waals surface area contributed by atoms with Crippen LogP contribution in [0.4, 0.5) is 0 Å². The highest BCUT2D eigenvalue weighted by atomic mass is 16.5. The van der Waals surface area contributed by atoms with Crippen LogP contribution in [-0.2, 0) is 11.3 Å². The molecule has 0 aromatic carbocycles. The maximum atomic E-state index is 12.6. The molecule has 2 aromatic rings. The molecule has 130 valence electrons. The zero-order valence-corrected chi connectivity index (χ0v) is 14.1. The van der Waals surface area contributed by atoms with E-state index in [4.69, 9.17) is 9.26 Å². The second-order valence-electron chi connectivity index (χ2n) is 6.07. The van der Waals surface area contributed by atoms with Gasteiger partial charge in [0.25, 0.3) is 5.91 Å². The molecule has 8 nitrogen and oxygen atoms in total. The van der Waals surface area contributed by atoms with E-state index in [2.05, 4.69) is 27.5 Å². The van der Waals surface area contributed by atoms with E-state index in [0.717, 1.165) is 25.8 Å². The van der Waals surface area contributed by atoms with E-state index in [1.807, 2.05) is 0 Å². The lowest BCUT2D eigenvalue weighted by atomic mass is 9.91. The van der Waals surface area contributed by atoms with Crippen molar-refractivity contribution in [1.29, 1.82) is 0 Å². The van der Waals surface area contributed by atoms with Gasteiger partial charge in [-0.15, -0.1) is 0 Å². The minimum atomic E-state index is -0.308. The van der Waals surface area contributed by atoms with Crippen molar-refractivity contribution < 1.29 is 14.1 Å². The van der Waals surface area contributed by atoms with Crippen molar-refractivity contribution >= 4 is 5.91 Å². The van der Waals surface area contributed by atoms with Crippen molar-refractivity contribution in [1.82, 2.24) is 25.2 Å². The summed E-state index contributed by atoms with van der Waals surface area (Å²) in [6.45, 7) is 5.99. The number of nitrogens with zero attached hydrogens (tertiary/aromatic N) is 4. The van der Waals surface area contributed by atoms with Gasteiger partial charge in [-0.05, 0) is 32.1 Å². The van der Waals surface area contributed by atoms with Crippen molar-refractivity contribution in [2.75, 3.05) is 13.2 Å². The highest BCUT2D eigenvalue weighted by molar-refractivity contribution is 5.93. The Balaban J connectivity index is 1.76. The Morgan fingerprint density at radius 2 is 2.25 bits per heavy atom. The van der Waals surface area contributed by atoms with Gasteiger partial charge in [-0.3, -0.25) is 9.48 Å². The van der Waals surface area contributed by atoms with Gasteiger partial charge in [-0.25, -0.2) is 0 Å². The summed E-state index contributed by atoms with van der Waals surface area (Å²) in [5, 5.41) is 11.1. The van der Waals surface area contributed by atoms with Gasteiger partial charge in [0.2, 0.25) is 5.89 Å². The summed E-state index contributed by atoms with van der Waals surface area (Å²) >= 11 is 0. The van der Waals surface area contributed by atoms with Crippen molar-refractivity contribution in [3.63, 3.8) is 0 Å². The van der Waals surface area contributed by atoms with Crippen LogP contribution < -0.4 is 5.32 Å². The molecule has 2 aromatic heterocycles. The Bertz CT molecular complexity index is 675. The molecule has 1 aliphatic heterocycles. The first-order valence-corrected chi connectivity index (χ1v) is 8.38. The topological polar surface area (TPSA) is 95.1 Å². The number of amides is 1. The van der Waals surface area contributed by atoms with Crippen LogP contribution in [0.25, 0.3) is 0 Å². The van der Waals surface area contributed by atoms with Gasteiger partial charge in [0.05, 0.1) is 11.8 Å². The predicted octanol–water partition coefficient (Wildman–Crippen LogP) is 1.88. The molecule has 3 heterocycles. The summed E-state index contributed by atoms with van der Waals surface area (Å²) in [7, 11) is 0. The summed E-state index contributed by atoms with van der Waals surface area (Å²) in [6.07, 6.45) is 6.02. The van der Waals surface area contributed by atoms with Crippen LogP contribution in [0.15, 0.2) is 16.9 Å². The van der Waals surface area contributed by atoms with E-state index in [1.165, 1.54) is 0 Å². The highest BCUT2D eigenvalue weighted by Gasteiger charge is 2.31. The molecular weight excluding hydrogens is 310 g/mol. The van der Waals surface area contributed by atoms with Gasteiger partial charge in [0.1, 0.15) is 6.04 Å². The first-order chi connectivity index (χ1) is 11.7. The molecule has 3 rings (SSSR count). The van der Waals surface area contributed by atoms with E-state index in [1.54, 1.807) is 24.0 Å². The number of ether oxygens (including phenoxy) is 1. The monoisotopic (exact) mass is 333 g/mol. The molecule has 0 saturated carbocycles. The first kappa shape index (κ1) is 16.6. The van der Waals surface area contributed by atoms with Gasteiger partial charge < -0.3 is 14.6 Å². The zero-order chi connectivity index (χ0) is 16.9. The number of carbonyl (C=O) groups excluding carboxylic acids is 1. The van der Waals surface area contributed by atoms with Crippen LogP contribution >= 0.6 is 0 Å². The third-order valence-electron chi connectivity index (χ3n) is 4.18. The van der Waals surface area contributed by atoms with Crippen molar-refractivity contribution in [3.05, 3.63) is 29.7 Å². The summed E-state index contributed by atoms with van der Waals surface area (Å²) < 4.78 is 12.5. The molecule has 24 heavy (non-hydrogen) atoms. The summed E-state index contributed by atoms with van der Waals surface area (Å²) in [4.78, 5) is 16.9. The Hall–Kier alpha value is -2.22. The van der Waals surface area contributed by atoms with Gasteiger partial charge in [0.15, 0.2) is 5.82 Å². The largest absolute Gasteiger partial charge is 0.381 e. The fourth-order valence-electron chi connectivity index (χ4n) is 2.93. The van der Waals surface area contributed by atoms with Crippen LogP contribution in [0.1, 0.15) is 54.3 Å². The lowest BCUT2D eigenvalue weighted by Gasteiger charge is -2.28. The van der Waals surface area contributed by atoms with Crippen LogP contribution in [0, 0.1) is 12.8 Å². The average molecular weight is 333 g/mol. The number of rotatable bonds is 6. The number of hydrogen-bond acceptors (Lipinski definition) is 6. The van der Waals surface area contributed by atoms with Gasteiger partial charge >= 0.3 is 0 Å². The first-order valence-electron chi connectivity index (χ1n) is 8.38. The molecule has 0 bridgehead atoms. The molecule has 1 fully saturated rings. The maximum absolute atomic E-state index is 12.6. The number of aromatic nitrogens is 4. The maximum Gasteiger partial charge on any atom is 0.255 e. The molecule has 0 unspecified atom stereocenters. The van der Waals surface area contributed by atoms with E-state index in [0.29, 0.717) is 30.5 Å². The normalized spacial score (nSPS) is 16.9. The fourth-order valence-corrected chi connectivity index (χ4v) is 2.93. The average Bonchev–Trinajstić information content (AvgIpc) is 3.23. The van der Waals surface area contributed by atoms with E-state index >= 15 is 0 Å². The molecular formula is C16H23N5O3. The molecule has 0 aliphatic carbocycles. The van der Waals surface area contributed by atoms with Gasteiger partial charge in [0, 0.05) is 26.0 Å². The zero-order valence-electron chi connectivity index (χ0n) is 14.1. The van der Waals surface area contributed by atoms with Crippen LogP contribution in [-0.4, -0.2) is 39.0 Å². The minimum absolute atomic E-state index is 0.176. The lowest BCUT2D eigenvalue weighted by Crippen LogP contribution is -2.36. The number of carbonyl (C=O) groups is 1. The predicted molar refractivity (Wildman–Crippen MR) is 85.3 cm³/mol. The van der Waals surface area contributed by atoms with Crippen LogP contribution in [0.5, 0.6) is 0 Å². The molecule has 1 saturated heterocycles. The molecule has 8 heteroatoms. The number of nitrogens with one attached hydrogen (secondary N) is 1. The summed E-state index contributed by atoms with van der Waals surface area (Å²) in [5.74, 6) is 1.05. The standard InChI is InChI=1S/C16H23N5O3/c1-3-6-21-10-13(9-17-21)15(22)19-14(12-4-7-23-8-5-12)16-18-11(2)20-24-16/h9-10,12,14H,3-8H2,1-2H3,(H,19,22)/t14-/m1/s1. The molecule has 0 radical (unpaired) electrons. The fraction of sp³-hybridized carbons (Fsp3) is 0.625. The lowest BCUT2D eigenvalue weighted by molar-refractivity contribution is 0.0468. The van der Waals surface area contributed by atoms with E-state index in [-0.39, 0.29) is 17.9 Å². The molecule has 1 N–H and O–H groups in total. The van der Waals surface area contributed by atoms with Crippen molar-refractivity contribution in [2.24, 2.45) is 5.92 Å². The Morgan fingerprint density at radius 1 is 1.46 bits per heavy atom. The number of hydrogen-bond donors (Lipinski definition) is 1. The third kappa shape index (κ3) is 3.81. The second-order valence-corrected chi connectivity index (χ2v) is 6.07. The highest BCUT2D eigenvalue weighted by Crippen LogP contribution is 2.29. The number of aryl methyl sites for hydroxylation is 2. The second kappa shape index (κ2) is 7.57. The van der Waals surface area contributed by atoms with Crippen LogP contribution in [0.3, 0.4) is 0 Å². The van der Waals surface area contributed by atoms with Crippen molar-refractivity contribution in [2.45, 2.75) is 45.7 Å². The minimum Gasteiger partial charge on any atom is -0.381 e. The molecule has 1 amide bonds. The summed E-state index contributed by atoms with van der Waals surface area (Å²) in [5.41, 5.74) is 0.539.